The van der Waals surface area contributed by atoms with Crippen LogP contribution in [0.2, 0.25) is 0 Å². The van der Waals surface area contributed by atoms with Crippen LogP contribution in [0.5, 0.6) is 0 Å². The van der Waals surface area contributed by atoms with Crippen molar-refractivity contribution in [3.8, 4) is 0 Å². The van der Waals surface area contributed by atoms with Gasteiger partial charge in [-0.3, -0.25) is 9.89 Å². The Balaban J connectivity index is 1.67. The molecule has 6 nitrogen and oxygen atoms in total. The fourth-order valence-electron chi connectivity index (χ4n) is 4.10. The molecule has 2 aliphatic rings. The molecule has 2 heterocycles. The summed E-state index contributed by atoms with van der Waals surface area (Å²) in [4.78, 5) is 9.52. The third kappa shape index (κ3) is 7.05. The minimum Gasteiger partial charge on any atom is -0.379 e. The second kappa shape index (κ2) is 11.8. The van der Waals surface area contributed by atoms with E-state index in [0.717, 1.165) is 51.3 Å². The lowest BCUT2D eigenvalue weighted by Gasteiger charge is -2.37. The summed E-state index contributed by atoms with van der Waals surface area (Å²) >= 11 is 0. The predicted molar refractivity (Wildman–Crippen MR) is 110 cm³/mol. The summed E-state index contributed by atoms with van der Waals surface area (Å²) in [5.41, 5.74) is 0. The average Bonchev–Trinajstić information content (AvgIpc) is 2.68. The minimum atomic E-state index is 0.524. The number of rotatable bonds is 8. The molecule has 0 aromatic carbocycles. The maximum absolute atomic E-state index is 5.50. The van der Waals surface area contributed by atoms with Crippen LogP contribution >= 0.6 is 0 Å². The first kappa shape index (κ1) is 21.5. The SMILES string of the molecule is CCN1CCC(CCNC(=NC)NCC(C(C)C)N2CCOCC2)CC1. The van der Waals surface area contributed by atoms with Gasteiger partial charge in [0, 0.05) is 39.3 Å². The second-order valence-corrected chi connectivity index (χ2v) is 8.01. The molecule has 2 rings (SSSR count). The maximum Gasteiger partial charge on any atom is 0.191 e. The Bertz CT molecular complexity index is 401. The fourth-order valence-corrected chi connectivity index (χ4v) is 4.10. The molecule has 6 heteroatoms. The van der Waals surface area contributed by atoms with Crippen LogP contribution in [0.25, 0.3) is 0 Å². The first-order chi connectivity index (χ1) is 12.6. The number of guanidine groups is 1. The van der Waals surface area contributed by atoms with Gasteiger partial charge < -0.3 is 20.3 Å². The van der Waals surface area contributed by atoms with E-state index in [1.54, 1.807) is 0 Å². The molecule has 0 amide bonds. The smallest absolute Gasteiger partial charge is 0.191 e. The van der Waals surface area contributed by atoms with Crippen LogP contribution in [0.4, 0.5) is 0 Å². The molecule has 0 aliphatic carbocycles. The van der Waals surface area contributed by atoms with Crippen LogP contribution in [-0.4, -0.2) is 87.9 Å². The van der Waals surface area contributed by atoms with Crippen molar-refractivity contribution in [1.82, 2.24) is 20.4 Å². The number of piperidine rings is 1. The van der Waals surface area contributed by atoms with Gasteiger partial charge in [0.15, 0.2) is 5.96 Å². The van der Waals surface area contributed by atoms with E-state index >= 15 is 0 Å². The Kier molecular flexibility index (Phi) is 9.72. The maximum atomic E-state index is 5.50. The zero-order valence-corrected chi connectivity index (χ0v) is 17.5. The van der Waals surface area contributed by atoms with Gasteiger partial charge in [0.05, 0.1) is 13.2 Å². The van der Waals surface area contributed by atoms with E-state index in [9.17, 15) is 0 Å². The summed E-state index contributed by atoms with van der Waals surface area (Å²) in [7, 11) is 1.87. The summed E-state index contributed by atoms with van der Waals surface area (Å²) in [5, 5.41) is 7.07. The fraction of sp³-hybridized carbons (Fsp3) is 0.950. The number of hydrogen-bond acceptors (Lipinski definition) is 4. The van der Waals surface area contributed by atoms with E-state index in [4.69, 9.17) is 4.74 Å². The normalized spacial score (nSPS) is 22.6. The van der Waals surface area contributed by atoms with E-state index < -0.39 is 0 Å². The Labute approximate surface area is 160 Å². The zero-order valence-electron chi connectivity index (χ0n) is 17.5. The molecule has 2 fully saturated rings. The van der Waals surface area contributed by atoms with Crippen molar-refractivity contribution in [3.05, 3.63) is 0 Å². The van der Waals surface area contributed by atoms with Crippen molar-refractivity contribution in [2.75, 3.05) is 66.1 Å². The Morgan fingerprint density at radius 1 is 1.12 bits per heavy atom. The molecule has 0 spiro atoms. The van der Waals surface area contributed by atoms with E-state index in [0.29, 0.717) is 12.0 Å². The van der Waals surface area contributed by atoms with Crippen LogP contribution in [0, 0.1) is 11.8 Å². The molecular weight excluding hydrogens is 326 g/mol. The second-order valence-electron chi connectivity index (χ2n) is 8.01. The van der Waals surface area contributed by atoms with Crippen LogP contribution in [-0.2, 0) is 4.74 Å². The highest BCUT2D eigenvalue weighted by atomic mass is 16.5. The minimum absolute atomic E-state index is 0.524. The molecule has 26 heavy (non-hydrogen) atoms. The standard InChI is InChI=1S/C20H41N5O/c1-5-24-10-7-18(8-11-24)6-9-22-20(21-4)23-16-19(17(2)3)25-12-14-26-15-13-25/h17-19H,5-16H2,1-4H3,(H2,21,22,23). The van der Waals surface area contributed by atoms with Gasteiger partial charge in [0.1, 0.15) is 0 Å². The molecule has 2 saturated heterocycles. The molecule has 152 valence electrons. The summed E-state index contributed by atoms with van der Waals surface area (Å²) in [5.74, 6) is 2.41. The number of nitrogens with zero attached hydrogens (tertiary/aromatic N) is 3. The van der Waals surface area contributed by atoms with E-state index in [-0.39, 0.29) is 0 Å². The van der Waals surface area contributed by atoms with Gasteiger partial charge in [-0.05, 0) is 50.7 Å². The van der Waals surface area contributed by atoms with Gasteiger partial charge in [-0.1, -0.05) is 20.8 Å². The van der Waals surface area contributed by atoms with Gasteiger partial charge in [0.25, 0.3) is 0 Å². The Morgan fingerprint density at radius 2 is 1.81 bits per heavy atom. The zero-order chi connectivity index (χ0) is 18.8. The molecule has 1 unspecified atom stereocenters. The van der Waals surface area contributed by atoms with Gasteiger partial charge >= 0.3 is 0 Å². The number of hydrogen-bond donors (Lipinski definition) is 2. The largest absolute Gasteiger partial charge is 0.379 e. The van der Waals surface area contributed by atoms with Crippen molar-refractivity contribution in [2.24, 2.45) is 16.8 Å². The van der Waals surface area contributed by atoms with E-state index in [2.05, 4.69) is 46.2 Å². The van der Waals surface area contributed by atoms with Gasteiger partial charge in [-0.2, -0.15) is 0 Å². The van der Waals surface area contributed by atoms with Crippen LogP contribution < -0.4 is 10.6 Å². The van der Waals surface area contributed by atoms with Crippen LogP contribution in [0.1, 0.15) is 40.0 Å². The lowest BCUT2D eigenvalue weighted by atomic mass is 9.93. The average molecular weight is 368 g/mol. The molecule has 2 N–H and O–H groups in total. The summed E-state index contributed by atoms with van der Waals surface area (Å²) < 4.78 is 5.50. The third-order valence-corrected chi connectivity index (χ3v) is 5.99. The molecule has 2 aliphatic heterocycles. The highest BCUT2D eigenvalue weighted by molar-refractivity contribution is 5.79. The number of ether oxygens (including phenoxy) is 1. The topological polar surface area (TPSA) is 52.1 Å². The van der Waals surface area contributed by atoms with Gasteiger partial charge in [-0.25, -0.2) is 0 Å². The lowest BCUT2D eigenvalue weighted by Crippen LogP contribution is -2.52. The van der Waals surface area contributed by atoms with E-state index in [1.807, 2.05) is 7.05 Å². The van der Waals surface area contributed by atoms with Gasteiger partial charge in [-0.15, -0.1) is 0 Å². The molecule has 0 radical (unpaired) electrons. The van der Waals surface area contributed by atoms with E-state index in [1.165, 1.54) is 38.9 Å². The summed E-state index contributed by atoms with van der Waals surface area (Å²) in [6.45, 7) is 16.3. The Morgan fingerprint density at radius 3 is 2.38 bits per heavy atom. The lowest BCUT2D eigenvalue weighted by molar-refractivity contribution is 0.00752. The number of morpholine rings is 1. The molecule has 0 aromatic heterocycles. The van der Waals surface area contributed by atoms with Crippen LogP contribution in [0.15, 0.2) is 4.99 Å². The quantitative estimate of drug-likeness (QED) is 0.504. The summed E-state index contributed by atoms with van der Waals surface area (Å²) in [6, 6.07) is 0.524. The molecule has 0 aromatic rings. The highest BCUT2D eigenvalue weighted by Crippen LogP contribution is 2.19. The first-order valence-corrected chi connectivity index (χ1v) is 10.6. The molecule has 1 atom stereocenters. The summed E-state index contributed by atoms with van der Waals surface area (Å²) in [6.07, 6.45) is 3.93. The molecule has 0 bridgehead atoms. The number of likely N-dealkylation sites (tertiary alicyclic amines) is 1. The number of nitrogens with one attached hydrogen (secondary N) is 2. The van der Waals surface area contributed by atoms with Gasteiger partial charge in [0.2, 0.25) is 0 Å². The number of aliphatic imine (C=N–C) groups is 1. The van der Waals surface area contributed by atoms with Crippen molar-refractivity contribution < 1.29 is 4.74 Å². The van der Waals surface area contributed by atoms with Crippen LogP contribution in [0.3, 0.4) is 0 Å². The molecular formula is C20H41N5O. The first-order valence-electron chi connectivity index (χ1n) is 10.6. The predicted octanol–water partition coefficient (Wildman–Crippen LogP) is 1.63. The highest BCUT2D eigenvalue weighted by Gasteiger charge is 2.24. The Hall–Kier alpha value is -0.850. The van der Waals surface area contributed by atoms with Crippen molar-refractivity contribution >= 4 is 5.96 Å². The van der Waals surface area contributed by atoms with Crippen molar-refractivity contribution in [1.29, 1.82) is 0 Å². The third-order valence-electron chi connectivity index (χ3n) is 5.99. The monoisotopic (exact) mass is 367 g/mol. The van der Waals surface area contributed by atoms with Crippen molar-refractivity contribution in [3.63, 3.8) is 0 Å². The van der Waals surface area contributed by atoms with Crippen molar-refractivity contribution in [2.45, 2.75) is 46.1 Å². The molecule has 0 saturated carbocycles.